The monoisotopic (exact) mass is 326 g/mol. The number of hydrogen-bond donors (Lipinski definition) is 2. The number of allylic oxidation sites excluding steroid dienone is 1. The van der Waals surface area contributed by atoms with Crippen molar-refractivity contribution in [3.05, 3.63) is 47.5 Å². The van der Waals surface area contributed by atoms with Crippen molar-refractivity contribution >= 4 is 5.57 Å². The molecule has 2 heterocycles. The summed E-state index contributed by atoms with van der Waals surface area (Å²) < 4.78 is 17.2. The summed E-state index contributed by atoms with van der Waals surface area (Å²) in [5.74, 6) is 1.86. The average Bonchev–Trinajstić information content (AvgIpc) is 2.90. The van der Waals surface area contributed by atoms with Crippen LogP contribution in [0, 0.1) is 0 Å². The zero-order valence-electron chi connectivity index (χ0n) is 13.5. The number of aromatic hydroxyl groups is 2. The Hall–Kier alpha value is -2.82. The van der Waals surface area contributed by atoms with Gasteiger partial charge in [-0.2, -0.15) is 0 Å². The Bertz CT molecular complexity index is 855. The SMILES string of the molecule is C=C(C)c1c(O)ccc2c1OC[C@H]1c3cc(OC)c(O)cc3O[C@@H]21. The topological polar surface area (TPSA) is 68.2 Å². The first kappa shape index (κ1) is 14.8. The Morgan fingerprint density at radius 3 is 2.71 bits per heavy atom. The zero-order chi connectivity index (χ0) is 17.0. The van der Waals surface area contributed by atoms with Crippen LogP contribution in [-0.2, 0) is 0 Å². The molecule has 0 amide bonds. The van der Waals surface area contributed by atoms with E-state index in [9.17, 15) is 10.2 Å². The number of benzene rings is 2. The molecule has 0 unspecified atom stereocenters. The fourth-order valence-electron chi connectivity index (χ4n) is 3.51. The Kier molecular flexibility index (Phi) is 3.13. The molecular formula is C19H18O5. The maximum Gasteiger partial charge on any atom is 0.161 e. The van der Waals surface area contributed by atoms with Crippen LogP contribution in [0.1, 0.15) is 35.6 Å². The van der Waals surface area contributed by atoms with E-state index in [4.69, 9.17) is 14.2 Å². The minimum atomic E-state index is -0.228. The van der Waals surface area contributed by atoms with Crippen molar-refractivity contribution in [2.45, 2.75) is 18.9 Å². The number of phenols is 2. The van der Waals surface area contributed by atoms with E-state index in [0.29, 0.717) is 29.4 Å². The fraction of sp³-hybridized carbons (Fsp3) is 0.263. The van der Waals surface area contributed by atoms with Gasteiger partial charge in [0.2, 0.25) is 0 Å². The van der Waals surface area contributed by atoms with E-state index >= 15 is 0 Å². The predicted octanol–water partition coefficient (Wildman–Crippen LogP) is 3.75. The van der Waals surface area contributed by atoms with Gasteiger partial charge in [0.25, 0.3) is 0 Å². The molecule has 0 saturated carbocycles. The van der Waals surface area contributed by atoms with Crippen molar-refractivity contribution in [1.29, 1.82) is 0 Å². The van der Waals surface area contributed by atoms with Gasteiger partial charge in [-0.3, -0.25) is 0 Å². The molecule has 0 radical (unpaired) electrons. The highest BCUT2D eigenvalue weighted by Crippen LogP contribution is 2.55. The number of fused-ring (bicyclic) bond motifs is 5. The molecule has 0 spiro atoms. The largest absolute Gasteiger partial charge is 0.507 e. The molecule has 124 valence electrons. The van der Waals surface area contributed by atoms with Gasteiger partial charge in [-0.05, 0) is 30.7 Å². The Morgan fingerprint density at radius 1 is 1.21 bits per heavy atom. The summed E-state index contributed by atoms with van der Waals surface area (Å²) >= 11 is 0. The first-order valence-electron chi connectivity index (χ1n) is 7.73. The zero-order valence-corrected chi connectivity index (χ0v) is 13.5. The standard InChI is InChI=1S/C19H18O5/c1-9(2)17-13(20)5-4-10-18-12(8-23-19(10)17)11-6-16(22-3)14(21)7-15(11)24-18/h4-7,12,18,20-21H,1,8H2,2-3H3/t12-,18-/m0/s1. The maximum atomic E-state index is 10.1. The van der Waals surface area contributed by atoms with Crippen molar-refractivity contribution in [1.82, 2.24) is 0 Å². The Morgan fingerprint density at radius 2 is 2.00 bits per heavy atom. The third kappa shape index (κ3) is 1.94. The minimum Gasteiger partial charge on any atom is -0.507 e. The molecule has 2 aromatic rings. The molecule has 0 aliphatic carbocycles. The summed E-state index contributed by atoms with van der Waals surface area (Å²) in [6.07, 6.45) is -0.228. The molecule has 2 N–H and O–H groups in total. The van der Waals surface area contributed by atoms with Gasteiger partial charge in [-0.1, -0.05) is 6.58 Å². The number of methoxy groups -OCH3 is 1. The van der Waals surface area contributed by atoms with E-state index < -0.39 is 0 Å². The van der Waals surface area contributed by atoms with Gasteiger partial charge in [-0.15, -0.1) is 0 Å². The lowest BCUT2D eigenvalue weighted by Gasteiger charge is -2.29. The number of rotatable bonds is 2. The quantitative estimate of drug-likeness (QED) is 0.880. The van der Waals surface area contributed by atoms with E-state index in [2.05, 4.69) is 6.58 Å². The number of phenolic OH excluding ortho intramolecular Hbond substituents is 2. The molecule has 4 rings (SSSR count). The highest BCUT2D eigenvalue weighted by Gasteiger charge is 2.42. The van der Waals surface area contributed by atoms with E-state index in [0.717, 1.165) is 16.7 Å². The summed E-state index contributed by atoms with van der Waals surface area (Å²) in [6.45, 7) is 6.17. The highest BCUT2D eigenvalue weighted by atomic mass is 16.5. The molecule has 5 heteroatoms. The van der Waals surface area contributed by atoms with E-state index in [1.54, 1.807) is 18.2 Å². The van der Waals surface area contributed by atoms with Crippen LogP contribution in [0.15, 0.2) is 30.8 Å². The van der Waals surface area contributed by atoms with Crippen molar-refractivity contribution in [2.24, 2.45) is 0 Å². The molecule has 5 nitrogen and oxygen atoms in total. The second-order valence-electron chi connectivity index (χ2n) is 6.18. The predicted molar refractivity (Wildman–Crippen MR) is 89.1 cm³/mol. The van der Waals surface area contributed by atoms with Crippen LogP contribution >= 0.6 is 0 Å². The first-order valence-corrected chi connectivity index (χ1v) is 7.73. The molecular weight excluding hydrogens is 308 g/mol. The summed E-state index contributed by atoms with van der Waals surface area (Å²) in [5.41, 5.74) is 3.17. The van der Waals surface area contributed by atoms with E-state index in [1.165, 1.54) is 7.11 Å². The van der Waals surface area contributed by atoms with Crippen LogP contribution in [0.2, 0.25) is 0 Å². The summed E-state index contributed by atoms with van der Waals surface area (Å²) in [6, 6.07) is 6.83. The second kappa shape index (κ2) is 5.09. The van der Waals surface area contributed by atoms with Crippen molar-refractivity contribution in [3.8, 4) is 28.7 Å². The minimum absolute atomic E-state index is 0.00418. The van der Waals surface area contributed by atoms with Crippen molar-refractivity contribution < 1.29 is 24.4 Å². The number of ether oxygens (including phenoxy) is 3. The van der Waals surface area contributed by atoms with Crippen LogP contribution < -0.4 is 14.2 Å². The van der Waals surface area contributed by atoms with Gasteiger partial charge in [0.1, 0.15) is 23.4 Å². The first-order chi connectivity index (χ1) is 11.5. The fourth-order valence-corrected chi connectivity index (χ4v) is 3.51. The van der Waals surface area contributed by atoms with Crippen molar-refractivity contribution in [2.75, 3.05) is 13.7 Å². The lowest BCUT2D eigenvalue weighted by Crippen LogP contribution is -2.23. The average molecular weight is 326 g/mol. The van der Waals surface area contributed by atoms with E-state index in [-0.39, 0.29) is 23.5 Å². The van der Waals surface area contributed by atoms with Crippen LogP contribution in [-0.4, -0.2) is 23.9 Å². The molecule has 0 aromatic heterocycles. The van der Waals surface area contributed by atoms with Gasteiger partial charge >= 0.3 is 0 Å². The molecule has 0 fully saturated rings. The van der Waals surface area contributed by atoms with Gasteiger partial charge < -0.3 is 24.4 Å². The van der Waals surface area contributed by atoms with Crippen LogP contribution in [0.4, 0.5) is 0 Å². The summed E-state index contributed by atoms with van der Waals surface area (Å²) in [5, 5.41) is 20.1. The Labute approximate surface area is 139 Å². The lowest BCUT2D eigenvalue weighted by atomic mass is 9.87. The third-order valence-electron chi connectivity index (χ3n) is 4.64. The van der Waals surface area contributed by atoms with Gasteiger partial charge in [0, 0.05) is 17.2 Å². The third-order valence-corrected chi connectivity index (χ3v) is 4.64. The maximum absolute atomic E-state index is 10.1. The van der Waals surface area contributed by atoms with Crippen LogP contribution in [0.25, 0.3) is 5.57 Å². The van der Waals surface area contributed by atoms with Crippen LogP contribution in [0.5, 0.6) is 28.7 Å². The van der Waals surface area contributed by atoms with E-state index in [1.807, 2.05) is 13.0 Å². The molecule has 0 saturated heterocycles. The summed E-state index contributed by atoms with van der Waals surface area (Å²) in [4.78, 5) is 0. The Balaban J connectivity index is 1.83. The molecule has 2 atom stereocenters. The van der Waals surface area contributed by atoms with Gasteiger partial charge in [-0.25, -0.2) is 0 Å². The normalized spacial score (nSPS) is 20.2. The van der Waals surface area contributed by atoms with Crippen molar-refractivity contribution in [3.63, 3.8) is 0 Å². The second-order valence-corrected chi connectivity index (χ2v) is 6.18. The molecule has 0 bridgehead atoms. The number of hydrogen-bond acceptors (Lipinski definition) is 5. The lowest BCUT2D eigenvalue weighted by molar-refractivity contribution is 0.139. The molecule has 24 heavy (non-hydrogen) atoms. The molecule has 2 aromatic carbocycles. The highest BCUT2D eigenvalue weighted by molar-refractivity contribution is 5.75. The van der Waals surface area contributed by atoms with Gasteiger partial charge in [0.05, 0.1) is 25.2 Å². The van der Waals surface area contributed by atoms with Gasteiger partial charge in [0.15, 0.2) is 11.5 Å². The van der Waals surface area contributed by atoms with Crippen LogP contribution in [0.3, 0.4) is 0 Å². The summed E-state index contributed by atoms with van der Waals surface area (Å²) in [7, 11) is 1.52. The smallest absolute Gasteiger partial charge is 0.161 e. The molecule has 2 aliphatic rings. The molecule has 2 aliphatic heterocycles.